The van der Waals surface area contributed by atoms with Crippen LogP contribution in [0.4, 0.5) is 0 Å². The normalized spacial score (nSPS) is 57.2. The van der Waals surface area contributed by atoms with E-state index in [2.05, 4.69) is 6.92 Å². The van der Waals surface area contributed by atoms with Gasteiger partial charge in [-0.3, -0.25) is 0 Å². The van der Waals surface area contributed by atoms with Gasteiger partial charge in [0.2, 0.25) is 0 Å². The zero-order valence-corrected chi connectivity index (χ0v) is 12.5. The predicted molar refractivity (Wildman–Crippen MR) is 77.7 cm³/mol. The molecule has 4 fully saturated rings. The van der Waals surface area contributed by atoms with E-state index in [0.717, 1.165) is 36.0 Å². The molecule has 0 bridgehead atoms. The molecule has 0 spiro atoms. The lowest BCUT2D eigenvalue weighted by molar-refractivity contribution is -0.0809. The summed E-state index contributed by atoms with van der Waals surface area (Å²) >= 11 is 0. The third-order valence-corrected chi connectivity index (χ3v) is 7.83. The average molecular weight is 262 g/mol. The highest BCUT2D eigenvalue weighted by Gasteiger charge is 2.56. The highest BCUT2D eigenvalue weighted by molar-refractivity contribution is 5.05. The first-order valence-corrected chi connectivity index (χ1v) is 8.88. The van der Waals surface area contributed by atoms with Crippen LogP contribution in [0.25, 0.3) is 0 Å². The maximum Gasteiger partial charge on any atom is 0.0596 e. The fourth-order valence-electron chi connectivity index (χ4n) is 6.80. The Morgan fingerprint density at radius 2 is 1.63 bits per heavy atom. The van der Waals surface area contributed by atoms with Crippen LogP contribution in [-0.2, 0) is 0 Å². The quantitative estimate of drug-likeness (QED) is 0.686. The van der Waals surface area contributed by atoms with Crippen LogP contribution in [-0.4, -0.2) is 11.2 Å². The van der Waals surface area contributed by atoms with E-state index < -0.39 is 0 Å². The minimum Gasteiger partial charge on any atom is -0.393 e. The first-order valence-electron chi connectivity index (χ1n) is 8.88. The topological polar surface area (TPSA) is 20.2 Å². The summed E-state index contributed by atoms with van der Waals surface area (Å²) in [5.74, 6) is 4.99. The SMILES string of the molecule is C[C@]12CC[C@H]3[C@@H](CC[C@H]4CCCC[C@@H]43)[C@@H]1CC[C@@H]2O. The molecule has 1 heteroatoms. The van der Waals surface area contributed by atoms with Crippen LogP contribution < -0.4 is 0 Å². The smallest absolute Gasteiger partial charge is 0.0596 e. The van der Waals surface area contributed by atoms with Crippen molar-refractivity contribution in [1.82, 2.24) is 0 Å². The Labute approximate surface area is 118 Å². The van der Waals surface area contributed by atoms with Crippen LogP contribution in [0.2, 0.25) is 0 Å². The second-order valence-electron chi connectivity index (χ2n) is 8.36. The van der Waals surface area contributed by atoms with Gasteiger partial charge in [0.15, 0.2) is 0 Å². The molecule has 1 N–H and O–H groups in total. The number of fused-ring (bicyclic) bond motifs is 5. The molecule has 0 radical (unpaired) electrons. The van der Waals surface area contributed by atoms with Crippen molar-refractivity contribution in [3.05, 3.63) is 0 Å². The van der Waals surface area contributed by atoms with E-state index in [1.807, 2.05) is 0 Å². The summed E-state index contributed by atoms with van der Waals surface area (Å²) in [5, 5.41) is 10.4. The minimum absolute atomic E-state index is 0.00234. The van der Waals surface area contributed by atoms with Gasteiger partial charge in [-0.2, -0.15) is 0 Å². The number of aliphatic hydroxyl groups is 1. The van der Waals surface area contributed by atoms with E-state index in [0.29, 0.717) is 0 Å². The lowest BCUT2D eigenvalue weighted by Crippen LogP contribution is -2.48. The van der Waals surface area contributed by atoms with E-state index in [9.17, 15) is 5.11 Å². The van der Waals surface area contributed by atoms with Gasteiger partial charge in [-0.15, -0.1) is 0 Å². The summed E-state index contributed by atoms with van der Waals surface area (Å²) in [7, 11) is 0. The van der Waals surface area contributed by atoms with Gasteiger partial charge in [0.25, 0.3) is 0 Å². The molecule has 4 rings (SSSR count). The molecule has 0 aromatic heterocycles. The van der Waals surface area contributed by atoms with Gasteiger partial charge in [-0.25, -0.2) is 0 Å². The third kappa shape index (κ3) is 1.76. The monoisotopic (exact) mass is 262 g/mol. The second kappa shape index (κ2) is 4.48. The summed E-state index contributed by atoms with van der Waals surface area (Å²) in [6.07, 6.45) is 14.2. The third-order valence-electron chi connectivity index (χ3n) is 7.83. The molecular formula is C18H30O. The Kier molecular flexibility index (Phi) is 2.99. The van der Waals surface area contributed by atoms with Crippen LogP contribution in [0, 0.1) is 35.0 Å². The molecular weight excluding hydrogens is 232 g/mol. The van der Waals surface area contributed by atoms with Gasteiger partial charge >= 0.3 is 0 Å². The van der Waals surface area contributed by atoms with Crippen molar-refractivity contribution in [3.8, 4) is 0 Å². The number of rotatable bonds is 0. The molecule has 4 aliphatic carbocycles. The van der Waals surface area contributed by atoms with Crippen molar-refractivity contribution in [3.63, 3.8) is 0 Å². The summed E-state index contributed by atoms with van der Waals surface area (Å²) in [6.45, 7) is 2.40. The van der Waals surface area contributed by atoms with E-state index in [1.54, 1.807) is 0 Å². The maximum absolute atomic E-state index is 10.4. The number of aliphatic hydroxyl groups excluding tert-OH is 1. The summed E-state index contributed by atoms with van der Waals surface area (Å²) in [5.41, 5.74) is 0.280. The van der Waals surface area contributed by atoms with Crippen molar-refractivity contribution in [2.75, 3.05) is 0 Å². The van der Waals surface area contributed by atoms with Crippen LogP contribution in [0.3, 0.4) is 0 Å². The standard InChI is InChI=1S/C18H30O/c1-18-11-10-14-13-5-3-2-4-12(13)6-7-15(14)16(18)8-9-17(18)19/h12-17,19H,2-11H2,1H3/t12-,13+,14-,15-,16+,17+,18+/m1/s1. The van der Waals surface area contributed by atoms with E-state index in [-0.39, 0.29) is 11.5 Å². The van der Waals surface area contributed by atoms with Crippen LogP contribution in [0.5, 0.6) is 0 Å². The Morgan fingerprint density at radius 3 is 2.53 bits per heavy atom. The highest BCUT2D eigenvalue weighted by Crippen LogP contribution is 2.62. The number of hydrogen-bond acceptors (Lipinski definition) is 1. The Bertz CT molecular complexity index is 352. The molecule has 0 aromatic rings. The molecule has 0 aromatic carbocycles. The summed E-state index contributed by atoms with van der Waals surface area (Å²) in [6, 6.07) is 0. The fraction of sp³-hybridized carbons (Fsp3) is 1.00. The molecule has 7 atom stereocenters. The zero-order chi connectivity index (χ0) is 13.0. The van der Waals surface area contributed by atoms with Gasteiger partial charge in [0.1, 0.15) is 0 Å². The molecule has 0 unspecified atom stereocenters. The van der Waals surface area contributed by atoms with Gasteiger partial charge in [-0.05, 0) is 80.0 Å². The predicted octanol–water partition coefficient (Wildman–Crippen LogP) is 4.39. The van der Waals surface area contributed by atoms with Crippen LogP contribution in [0.1, 0.15) is 71.1 Å². The zero-order valence-electron chi connectivity index (χ0n) is 12.5. The van der Waals surface area contributed by atoms with E-state index >= 15 is 0 Å². The van der Waals surface area contributed by atoms with Crippen molar-refractivity contribution >= 4 is 0 Å². The lowest BCUT2D eigenvalue weighted by Gasteiger charge is -2.55. The average Bonchev–Trinajstić information content (AvgIpc) is 2.75. The molecule has 108 valence electrons. The Morgan fingerprint density at radius 1 is 0.789 bits per heavy atom. The van der Waals surface area contributed by atoms with Gasteiger partial charge in [0.05, 0.1) is 6.10 Å². The lowest BCUT2D eigenvalue weighted by atomic mass is 9.50. The van der Waals surface area contributed by atoms with Gasteiger partial charge < -0.3 is 5.11 Å². The van der Waals surface area contributed by atoms with Gasteiger partial charge in [-0.1, -0.05) is 26.2 Å². The van der Waals surface area contributed by atoms with Crippen molar-refractivity contribution in [2.45, 2.75) is 77.2 Å². The molecule has 0 saturated heterocycles. The van der Waals surface area contributed by atoms with Crippen molar-refractivity contribution < 1.29 is 5.11 Å². The summed E-state index contributed by atoms with van der Waals surface area (Å²) in [4.78, 5) is 0. The van der Waals surface area contributed by atoms with Gasteiger partial charge in [0, 0.05) is 0 Å². The van der Waals surface area contributed by atoms with E-state index in [1.165, 1.54) is 57.8 Å². The first-order chi connectivity index (χ1) is 9.20. The maximum atomic E-state index is 10.4. The summed E-state index contributed by atoms with van der Waals surface area (Å²) < 4.78 is 0. The van der Waals surface area contributed by atoms with Crippen LogP contribution >= 0.6 is 0 Å². The van der Waals surface area contributed by atoms with Crippen LogP contribution in [0.15, 0.2) is 0 Å². The van der Waals surface area contributed by atoms with Crippen molar-refractivity contribution in [1.29, 1.82) is 0 Å². The molecule has 1 nitrogen and oxygen atoms in total. The molecule has 19 heavy (non-hydrogen) atoms. The van der Waals surface area contributed by atoms with E-state index in [4.69, 9.17) is 0 Å². The van der Waals surface area contributed by atoms with Crippen molar-refractivity contribution in [2.24, 2.45) is 35.0 Å². The number of hydrogen-bond donors (Lipinski definition) is 1. The molecule has 0 aliphatic heterocycles. The Hall–Kier alpha value is -0.0400. The minimum atomic E-state index is 0.00234. The first kappa shape index (κ1) is 12.7. The molecule has 0 heterocycles. The molecule has 0 amide bonds. The Balaban J connectivity index is 1.59. The largest absolute Gasteiger partial charge is 0.393 e. The fourth-order valence-corrected chi connectivity index (χ4v) is 6.80. The molecule has 4 aliphatic rings. The highest BCUT2D eigenvalue weighted by atomic mass is 16.3. The second-order valence-corrected chi connectivity index (χ2v) is 8.36. The molecule has 4 saturated carbocycles.